The molecule has 1 aromatic carbocycles. The van der Waals surface area contributed by atoms with Crippen molar-refractivity contribution in [1.29, 1.82) is 0 Å². The van der Waals surface area contributed by atoms with Gasteiger partial charge in [0.15, 0.2) is 5.16 Å². The summed E-state index contributed by atoms with van der Waals surface area (Å²) in [7, 11) is 0.507. The van der Waals surface area contributed by atoms with Gasteiger partial charge in [0.25, 0.3) is 5.91 Å². The van der Waals surface area contributed by atoms with Crippen molar-refractivity contribution >= 4 is 18.9 Å². The van der Waals surface area contributed by atoms with Crippen LogP contribution in [0.25, 0.3) is 0 Å². The molecule has 1 heterocycles. The number of ether oxygens (including phenoxy) is 1. The maximum absolute atomic E-state index is 13.5. The van der Waals surface area contributed by atoms with Gasteiger partial charge in [-0.1, -0.05) is 0 Å². The molecule has 0 spiro atoms. The lowest BCUT2D eigenvalue weighted by Gasteiger charge is -2.50. The van der Waals surface area contributed by atoms with Crippen LogP contribution in [-0.4, -0.2) is 36.7 Å². The summed E-state index contributed by atoms with van der Waals surface area (Å²) < 4.78 is 5.36. The lowest BCUT2D eigenvalue weighted by Crippen LogP contribution is -2.52. The average molecular weight is 362 g/mol. The Balaban J connectivity index is 1.89. The first-order chi connectivity index (χ1) is 12.0. The van der Waals surface area contributed by atoms with Crippen molar-refractivity contribution in [3.05, 3.63) is 23.3 Å². The largest absolute Gasteiger partial charge is 0.497 e. The molecule has 138 valence electrons. The van der Waals surface area contributed by atoms with Gasteiger partial charge >= 0.3 is 0 Å². The zero-order valence-corrected chi connectivity index (χ0v) is 17.2. The third-order valence-corrected chi connectivity index (χ3v) is 12.8. The van der Waals surface area contributed by atoms with E-state index in [1.54, 1.807) is 7.11 Å². The fraction of sp³-hybridized carbons (Fsp3) is 0.667. The van der Waals surface area contributed by atoms with Gasteiger partial charge in [0.05, 0.1) is 25.6 Å². The molecule has 1 aliphatic carbocycles. The molecule has 0 radical (unpaired) electrons. The molecule has 1 saturated carbocycles. The van der Waals surface area contributed by atoms with Crippen LogP contribution in [-0.2, 0) is 4.79 Å². The van der Waals surface area contributed by atoms with Crippen LogP contribution >= 0.6 is 7.26 Å². The molecule has 0 atom stereocenters. The highest BCUT2D eigenvalue weighted by Gasteiger charge is 2.64. The Bertz CT molecular complexity index is 622. The van der Waals surface area contributed by atoms with E-state index in [4.69, 9.17) is 4.74 Å². The first-order valence-electron chi connectivity index (χ1n) is 9.81. The van der Waals surface area contributed by atoms with Crippen molar-refractivity contribution in [2.75, 3.05) is 30.9 Å². The van der Waals surface area contributed by atoms with Crippen LogP contribution in [0.2, 0.25) is 0 Å². The van der Waals surface area contributed by atoms with Gasteiger partial charge in [0.2, 0.25) is 0 Å². The topological polar surface area (TPSA) is 38.3 Å². The van der Waals surface area contributed by atoms with E-state index in [1.165, 1.54) is 44.2 Å². The van der Waals surface area contributed by atoms with Gasteiger partial charge in [-0.2, -0.15) is 0 Å². The number of rotatable bonds is 5. The van der Waals surface area contributed by atoms with E-state index in [0.717, 1.165) is 35.4 Å². The predicted molar refractivity (Wildman–Crippen MR) is 109 cm³/mol. The van der Waals surface area contributed by atoms with E-state index in [0.29, 0.717) is 5.91 Å². The average Bonchev–Trinajstić information content (AvgIpc) is 2.57. The molecule has 3 rings (SSSR count). The third-order valence-electron chi connectivity index (χ3n) is 6.77. The van der Waals surface area contributed by atoms with E-state index in [2.05, 4.69) is 26.1 Å². The third kappa shape index (κ3) is 3.10. The zero-order chi connectivity index (χ0) is 18.1. The molecule has 0 unspecified atom stereocenters. The summed E-state index contributed by atoms with van der Waals surface area (Å²) >= 11 is 0. The summed E-state index contributed by atoms with van der Waals surface area (Å²) in [5.41, 5.74) is 3.17. The van der Waals surface area contributed by atoms with Crippen molar-refractivity contribution in [2.45, 2.75) is 64.5 Å². The van der Waals surface area contributed by atoms with Crippen LogP contribution in [0.15, 0.2) is 12.1 Å². The smallest absolute Gasteiger partial charge is 0.268 e. The van der Waals surface area contributed by atoms with Gasteiger partial charge in [-0.25, -0.2) is 0 Å². The second-order valence-electron chi connectivity index (χ2n) is 7.94. The van der Waals surface area contributed by atoms with Crippen LogP contribution in [0.4, 0.5) is 5.69 Å². The number of benzene rings is 1. The highest BCUT2D eigenvalue weighted by atomic mass is 31.2. The van der Waals surface area contributed by atoms with Crippen LogP contribution in [0.3, 0.4) is 0 Å². The number of methoxy groups -OCH3 is 1. The number of hydrogen-bond acceptors (Lipinski definition) is 2. The van der Waals surface area contributed by atoms with Gasteiger partial charge in [-0.05, 0) is 82.6 Å². The zero-order valence-electron chi connectivity index (χ0n) is 16.3. The number of anilines is 1. The van der Waals surface area contributed by atoms with Gasteiger partial charge in [0.1, 0.15) is 5.75 Å². The van der Waals surface area contributed by atoms with Gasteiger partial charge < -0.3 is 10.1 Å². The molecule has 3 nitrogen and oxygen atoms in total. The minimum atomic E-state index is -1.18. The SMILES string of the molecule is CC[P+]1(C2(C(=O)Nc3c(C)cc(OC)cc3C)CCC2)CCCCC1. The summed E-state index contributed by atoms with van der Waals surface area (Å²) in [4.78, 5) is 13.5. The molecule has 25 heavy (non-hydrogen) atoms. The van der Waals surface area contributed by atoms with Crippen LogP contribution < -0.4 is 10.1 Å². The van der Waals surface area contributed by atoms with E-state index in [9.17, 15) is 4.79 Å². The molecule has 1 aliphatic heterocycles. The number of carbonyl (C=O) groups excluding carboxylic acids is 1. The molecule has 4 heteroatoms. The Hall–Kier alpha value is -1.08. The van der Waals surface area contributed by atoms with Crippen molar-refractivity contribution in [1.82, 2.24) is 0 Å². The van der Waals surface area contributed by atoms with Crippen molar-refractivity contribution < 1.29 is 9.53 Å². The fourth-order valence-corrected chi connectivity index (χ4v) is 10.8. The fourth-order valence-electron chi connectivity index (χ4n) is 5.06. The van der Waals surface area contributed by atoms with Crippen LogP contribution in [0.1, 0.15) is 56.6 Å². The summed E-state index contributed by atoms with van der Waals surface area (Å²) in [6.45, 7) is 6.46. The monoisotopic (exact) mass is 362 g/mol. The Morgan fingerprint density at radius 1 is 1.12 bits per heavy atom. The number of nitrogens with one attached hydrogen (secondary N) is 1. The number of amides is 1. The second-order valence-corrected chi connectivity index (χ2v) is 12.6. The van der Waals surface area contributed by atoms with Crippen molar-refractivity contribution in [3.63, 3.8) is 0 Å². The molecule has 2 fully saturated rings. The second kappa shape index (κ2) is 7.27. The van der Waals surface area contributed by atoms with Gasteiger partial charge in [-0.3, -0.25) is 4.79 Å². The quantitative estimate of drug-likeness (QED) is 0.713. The summed E-state index contributed by atoms with van der Waals surface area (Å²) in [5.74, 6) is 1.17. The highest BCUT2D eigenvalue weighted by molar-refractivity contribution is 7.78. The van der Waals surface area contributed by atoms with E-state index in [-0.39, 0.29) is 5.16 Å². The molecular weight excluding hydrogens is 329 g/mol. The number of carbonyl (C=O) groups is 1. The van der Waals surface area contributed by atoms with E-state index >= 15 is 0 Å². The molecule has 2 aliphatic rings. The first-order valence-corrected chi connectivity index (χ1v) is 12.2. The number of hydrogen-bond donors (Lipinski definition) is 1. The Labute approximate surface area is 153 Å². The molecule has 0 aromatic heterocycles. The van der Waals surface area contributed by atoms with E-state index < -0.39 is 7.26 Å². The first kappa shape index (κ1) is 18.7. The predicted octanol–water partition coefficient (Wildman–Crippen LogP) is 5.39. The van der Waals surface area contributed by atoms with E-state index in [1.807, 2.05) is 12.1 Å². The van der Waals surface area contributed by atoms with Gasteiger partial charge in [0, 0.05) is 12.9 Å². The standard InChI is InChI=1S/C21H32NO2P/c1-5-25(12-7-6-8-13-25)21(10-9-11-21)20(23)22-19-16(2)14-18(24-4)15-17(19)3/h14-15H,5-13H2,1-4H3/p+1. The normalized spacial score (nSPS) is 21.3. The van der Waals surface area contributed by atoms with Crippen LogP contribution in [0, 0.1) is 13.8 Å². The number of aryl methyl sites for hydroxylation is 2. The molecule has 1 saturated heterocycles. The molecule has 1 amide bonds. The minimum absolute atomic E-state index is 0.0407. The lowest BCUT2D eigenvalue weighted by molar-refractivity contribution is -0.120. The molecule has 1 N–H and O–H groups in total. The molecule has 1 aromatic rings. The maximum atomic E-state index is 13.5. The lowest BCUT2D eigenvalue weighted by atomic mass is 9.83. The van der Waals surface area contributed by atoms with Crippen molar-refractivity contribution in [3.8, 4) is 5.75 Å². The Morgan fingerprint density at radius 2 is 1.72 bits per heavy atom. The molecular formula is C21H33NO2P+. The van der Waals surface area contributed by atoms with Gasteiger partial charge in [-0.15, -0.1) is 0 Å². The summed E-state index contributed by atoms with van der Waals surface area (Å²) in [5, 5.41) is 3.32. The van der Waals surface area contributed by atoms with Crippen LogP contribution in [0.5, 0.6) is 5.75 Å². The highest BCUT2D eigenvalue weighted by Crippen LogP contribution is 2.76. The summed E-state index contributed by atoms with van der Waals surface area (Å²) in [6.07, 6.45) is 11.3. The Morgan fingerprint density at radius 3 is 2.16 bits per heavy atom. The molecule has 0 bridgehead atoms. The maximum Gasteiger partial charge on any atom is 0.268 e. The van der Waals surface area contributed by atoms with Crippen molar-refractivity contribution in [2.24, 2.45) is 0 Å². The minimum Gasteiger partial charge on any atom is -0.497 e. The summed E-state index contributed by atoms with van der Waals surface area (Å²) in [6, 6.07) is 4.03. The Kier molecular flexibility index (Phi) is 5.44.